The topological polar surface area (TPSA) is 40.5 Å². The summed E-state index contributed by atoms with van der Waals surface area (Å²) in [6.45, 7) is 1.84. The predicted molar refractivity (Wildman–Crippen MR) is 69.7 cm³/mol. The molecule has 1 aliphatic rings. The lowest BCUT2D eigenvalue weighted by molar-refractivity contribution is -0.141. The molecule has 1 N–H and O–H groups in total. The van der Waals surface area contributed by atoms with Crippen LogP contribution in [0.4, 0.5) is 4.39 Å². The van der Waals surface area contributed by atoms with Gasteiger partial charge in [-0.3, -0.25) is 9.69 Å². The SMILES string of the molecule is Cl.O=C(O)C1CCN(Cc2ccc(F)cc2Cl)C1. The first-order chi connectivity index (χ1) is 8.06. The highest BCUT2D eigenvalue weighted by Gasteiger charge is 2.28. The van der Waals surface area contributed by atoms with Crippen molar-refractivity contribution in [3.63, 3.8) is 0 Å². The normalized spacial score (nSPS) is 19.6. The van der Waals surface area contributed by atoms with Gasteiger partial charge in [-0.05, 0) is 30.7 Å². The van der Waals surface area contributed by atoms with Crippen molar-refractivity contribution < 1.29 is 14.3 Å². The fourth-order valence-corrected chi connectivity index (χ4v) is 2.30. The third kappa shape index (κ3) is 3.57. The van der Waals surface area contributed by atoms with Crippen molar-refractivity contribution >= 4 is 30.0 Å². The molecule has 3 nitrogen and oxygen atoms in total. The molecule has 1 unspecified atom stereocenters. The second kappa shape index (κ2) is 6.36. The quantitative estimate of drug-likeness (QED) is 0.932. The van der Waals surface area contributed by atoms with E-state index < -0.39 is 5.97 Å². The monoisotopic (exact) mass is 293 g/mol. The molecule has 0 aromatic heterocycles. The van der Waals surface area contributed by atoms with Gasteiger partial charge in [-0.1, -0.05) is 17.7 Å². The average Bonchev–Trinajstić information content (AvgIpc) is 2.71. The second-order valence-corrected chi connectivity index (χ2v) is 4.70. The molecule has 1 aromatic rings. The minimum absolute atomic E-state index is 0. The van der Waals surface area contributed by atoms with Crippen molar-refractivity contribution in [2.24, 2.45) is 5.92 Å². The van der Waals surface area contributed by atoms with Crippen molar-refractivity contribution in [2.75, 3.05) is 13.1 Å². The van der Waals surface area contributed by atoms with Crippen LogP contribution in [0.25, 0.3) is 0 Å². The maximum Gasteiger partial charge on any atom is 0.307 e. The smallest absolute Gasteiger partial charge is 0.307 e. The number of halogens is 3. The number of carboxylic acid groups (broad SMARTS) is 1. The zero-order valence-electron chi connectivity index (χ0n) is 9.60. The van der Waals surface area contributed by atoms with E-state index in [-0.39, 0.29) is 24.1 Å². The molecule has 1 fully saturated rings. The number of carbonyl (C=O) groups is 1. The Morgan fingerprint density at radius 1 is 1.56 bits per heavy atom. The summed E-state index contributed by atoms with van der Waals surface area (Å²) in [5.41, 5.74) is 0.833. The highest BCUT2D eigenvalue weighted by Crippen LogP contribution is 2.23. The molecule has 100 valence electrons. The van der Waals surface area contributed by atoms with Crippen molar-refractivity contribution in [2.45, 2.75) is 13.0 Å². The molecule has 1 heterocycles. The first kappa shape index (κ1) is 15.2. The molecule has 0 aliphatic carbocycles. The van der Waals surface area contributed by atoms with Crippen LogP contribution in [0.5, 0.6) is 0 Å². The van der Waals surface area contributed by atoms with E-state index in [1.807, 2.05) is 4.90 Å². The van der Waals surface area contributed by atoms with Crippen LogP contribution < -0.4 is 0 Å². The van der Waals surface area contributed by atoms with E-state index >= 15 is 0 Å². The van der Waals surface area contributed by atoms with Gasteiger partial charge >= 0.3 is 5.97 Å². The Kier molecular flexibility index (Phi) is 5.38. The Balaban J connectivity index is 0.00000162. The van der Waals surface area contributed by atoms with E-state index in [0.717, 1.165) is 12.1 Å². The van der Waals surface area contributed by atoms with Crippen molar-refractivity contribution in [3.8, 4) is 0 Å². The molecule has 2 rings (SSSR count). The van der Waals surface area contributed by atoms with Crippen LogP contribution in [0.1, 0.15) is 12.0 Å². The number of carboxylic acids is 1. The van der Waals surface area contributed by atoms with Crippen LogP contribution in [-0.2, 0) is 11.3 Å². The van der Waals surface area contributed by atoms with Gasteiger partial charge < -0.3 is 5.11 Å². The van der Waals surface area contributed by atoms with Crippen LogP contribution in [0.2, 0.25) is 5.02 Å². The maximum absolute atomic E-state index is 12.9. The standard InChI is InChI=1S/C12H13ClFNO2.ClH/c13-11-5-10(14)2-1-8(11)6-15-4-3-9(7-15)12(16)17;/h1-2,5,9H,3-4,6-7H2,(H,16,17);1H. The Hall–Kier alpha value is -0.840. The van der Waals surface area contributed by atoms with Gasteiger partial charge in [0.05, 0.1) is 5.92 Å². The lowest BCUT2D eigenvalue weighted by Crippen LogP contribution is -2.22. The summed E-state index contributed by atoms with van der Waals surface area (Å²) in [5.74, 6) is -1.41. The third-order valence-corrected chi connectivity index (χ3v) is 3.38. The molecular formula is C12H14Cl2FNO2. The minimum Gasteiger partial charge on any atom is -0.481 e. The zero-order valence-corrected chi connectivity index (χ0v) is 11.2. The van der Waals surface area contributed by atoms with Crippen molar-refractivity contribution in [3.05, 3.63) is 34.6 Å². The predicted octanol–water partition coefficient (Wildman–Crippen LogP) is 2.81. The molecule has 1 saturated heterocycles. The lowest BCUT2D eigenvalue weighted by Gasteiger charge is -2.16. The number of likely N-dealkylation sites (tertiary alicyclic amines) is 1. The molecule has 0 saturated carbocycles. The van der Waals surface area contributed by atoms with Gasteiger partial charge in [-0.2, -0.15) is 0 Å². The van der Waals surface area contributed by atoms with Gasteiger partial charge in [-0.25, -0.2) is 4.39 Å². The first-order valence-corrected chi connectivity index (χ1v) is 5.83. The average molecular weight is 294 g/mol. The van der Waals surface area contributed by atoms with E-state index in [1.54, 1.807) is 6.07 Å². The Bertz CT molecular complexity index is 442. The summed E-state index contributed by atoms with van der Waals surface area (Å²) >= 11 is 5.92. The van der Waals surface area contributed by atoms with E-state index in [9.17, 15) is 9.18 Å². The fourth-order valence-electron chi connectivity index (χ4n) is 2.07. The number of aliphatic carboxylic acids is 1. The largest absolute Gasteiger partial charge is 0.481 e. The summed E-state index contributed by atoms with van der Waals surface area (Å²) < 4.78 is 12.9. The molecular weight excluding hydrogens is 280 g/mol. The lowest BCUT2D eigenvalue weighted by atomic mass is 10.1. The van der Waals surface area contributed by atoms with Crippen LogP contribution in [0.3, 0.4) is 0 Å². The highest BCUT2D eigenvalue weighted by atomic mass is 35.5. The van der Waals surface area contributed by atoms with Gasteiger partial charge in [0, 0.05) is 18.1 Å². The number of rotatable bonds is 3. The van der Waals surface area contributed by atoms with Crippen LogP contribution in [0, 0.1) is 11.7 Å². The van der Waals surface area contributed by atoms with Gasteiger partial charge in [0.2, 0.25) is 0 Å². The fraction of sp³-hybridized carbons (Fsp3) is 0.417. The summed E-state index contributed by atoms with van der Waals surface area (Å²) in [5, 5.41) is 9.28. The van der Waals surface area contributed by atoms with Gasteiger partial charge in [-0.15, -0.1) is 12.4 Å². The minimum atomic E-state index is -0.752. The van der Waals surface area contributed by atoms with E-state index in [4.69, 9.17) is 16.7 Å². The van der Waals surface area contributed by atoms with Crippen molar-refractivity contribution in [1.82, 2.24) is 4.90 Å². The number of nitrogens with zero attached hydrogens (tertiary/aromatic N) is 1. The highest BCUT2D eigenvalue weighted by molar-refractivity contribution is 6.31. The Morgan fingerprint density at radius 2 is 2.28 bits per heavy atom. The molecule has 1 atom stereocenters. The molecule has 0 bridgehead atoms. The maximum atomic E-state index is 12.9. The number of hydrogen-bond acceptors (Lipinski definition) is 2. The summed E-state index contributed by atoms with van der Waals surface area (Å²) in [6.07, 6.45) is 0.661. The molecule has 0 spiro atoms. The molecule has 18 heavy (non-hydrogen) atoms. The van der Waals surface area contributed by atoms with Crippen molar-refractivity contribution in [1.29, 1.82) is 0 Å². The zero-order chi connectivity index (χ0) is 12.4. The Morgan fingerprint density at radius 3 is 2.83 bits per heavy atom. The number of benzene rings is 1. The Labute approximate surface area is 116 Å². The molecule has 1 aliphatic heterocycles. The van der Waals surface area contributed by atoms with E-state index in [2.05, 4.69) is 0 Å². The number of hydrogen-bond donors (Lipinski definition) is 1. The molecule has 1 aromatic carbocycles. The summed E-state index contributed by atoms with van der Waals surface area (Å²) in [6, 6.07) is 4.29. The van der Waals surface area contributed by atoms with Crippen LogP contribution in [-0.4, -0.2) is 29.1 Å². The van der Waals surface area contributed by atoms with Gasteiger partial charge in [0.1, 0.15) is 5.82 Å². The first-order valence-electron chi connectivity index (χ1n) is 5.45. The summed E-state index contributed by atoms with van der Waals surface area (Å²) in [7, 11) is 0. The van der Waals surface area contributed by atoms with E-state index in [0.29, 0.717) is 24.5 Å². The van der Waals surface area contributed by atoms with Crippen LogP contribution in [0.15, 0.2) is 18.2 Å². The summed E-state index contributed by atoms with van der Waals surface area (Å²) in [4.78, 5) is 12.8. The molecule has 0 amide bonds. The van der Waals surface area contributed by atoms with Gasteiger partial charge in [0.25, 0.3) is 0 Å². The molecule has 0 radical (unpaired) electrons. The molecule has 6 heteroatoms. The van der Waals surface area contributed by atoms with E-state index in [1.165, 1.54) is 12.1 Å². The van der Waals surface area contributed by atoms with Crippen LogP contribution >= 0.6 is 24.0 Å². The second-order valence-electron chi connectivity index (χ2n) is 4.29. The third-order valence-electron chi connectivity index (χ3n) is 3.03. The van der Waals surface area contributed by atoms with Gasteiger partial charge in [0.15, 0.2) is 0 Å².